The van der Waals surface area contributed by atoms with Crippen molar-refractivity contribution in [3.63, 3.8) is 0 Å². The van der Waals surface area contributed by atoms with Gasteiger partial charge in [-0.2, -0.15) is 0 Å². The van der Waals surface area contributed by atoms with E-state index in [9.17, 15) is 4.79 Å². The van der Waals surface area contributed by atoms with Crippen LogP contribution in [0.15, 0.2) is 30.3 Å². The lowest BCUT2D eigenvalue weighted by molar-refractivity contribution is 0.102. The van der Waals surface area contributed by atoms with E-state index in [1.807, 2.05) is 32.0 Å². The number of rotatable bonds is 6. The third kappa shape index (κ3) is 3.60. The first-order chi connectivity index (χ1) is 11.7. The lowest BCUT2D eigenvalue weighted by atomic mass is 10.3. The molecule has 0 radical (unpaired) electrons. The summed E-state index contributed by atoms with van der Waals surface area (Å²) in [5.74, 6) is 0.802. The normalized spacial score (nSPS) is 10.6. The number of anilines is 1. The maximum atomic E-state index is 12.2. The summed E-state index contributed by atoms with van der Waals surface area (Å²) >= 11 is 1.38. The second-order valence-electron chi connectivity index (χ2n) is 4.73. The van der Waals surface area contributed by atoms with Gasteiger partial charge in [0.15, 0.2) is 10.8 Å². The Bertz CT molecular complexity index is 848. The number of ether oxygens (including phenoxy) is 2. The lowest BCUT2D eigenvalue weighted by Crippen LogP contribution is -2.14. The molecule has 7 nitrogen and oxygen atoms in total. The predicted molar refractivity (Wildman–Crippen MR) is 91.9 cm³/mol. The van der Waals surface area contributed by atoms with Gasteiger partial charge in [-0.1, -0.05) is 11.3 Å². The van der Waals surface area contributed by atoms with E-state index in [4.69, 9.17) is 9.47 Å². The van der Waals surface area contributed by atoms with Crippen molar-refractivity contribution in [3.05, 3.63) is 36.0 Å². The number of aromatic nitrogens is 3. The molecule has 0 unspecified atom stereocenters. The molecule has 0 fully saturated rings. The summed E-state index contributed by atoms with van der Waals surface area (Å²) in [6.07, 6.45) is 0. The van der Waals surface area contributed by atoms with Gasteiger partial charge in [0, 0.05) is 6.07 Å². The zero-order valence-corrected chi connectivity index (χ0v) is 14.1. The van der Waals surface area contributed by atoms with Crippen molar-refractivity contribution in [2.45, 2.75) is 13.8 Å². The van der Waals surface area contributed by atoms with E-state index in [1.165, 1.54) is 11.3 Å². The number of benzene rings is 1. The molecule has 3 aromatic rings. The van der Waals surface area contributed by atoms with Crippen molar-refractivity contribution in [1.29, 1.82) is 0 Å². The van der Waals surface area contributed by atoms with Gasteiger partial charge in [0.25, 0.3) is 5.91 Å². The molecule has 0 bridgehead atoms. The highest BCUT2D eigenvalue weighted by Crippen LogP contribution is 2.29. The molecule has 0 atom stereocenters. The number of nitrogens with zero attached hydrogens (tertiary/aromatic N) is 3. The molecule has 0 saturated heterocycles. The van der Waals surface area contributed by atoms with Crippen molar-refractivity contribution in [2.24, 2.45) is 0 Å². The van der Waals surface area contributed by atoms with E-state index < -0.39 is 0 Å². The van der Waals surface area contributed by atoms with Crippen molar-refractivity contribution < 1.29 is 14.3 Å². The first-order valence-corrected chi connectivity index (χ1v) is 8.32. The van der Waals surface area contributed by atoms with E-state index in [0.717, 1.165) is 16.0 Å². The highest BCUT2D eigenvalue weighted by molar-refractivity contribution is 7.22. The van der Waals surface area contributed by atoms with Gasteiger partial charge in [-0.25, -0.2) is 4.98 Å². The second-order valence-corrected chi connectivity index (χ2v) is 5.76. The van der Waals surface area contributed by atoms with Crippen LogP contribution in [0, 0.1) is 0 Å². The number of amides is 1. The van der Waals surface area contributed by atoms with E-state index in [-0.39, 0.29) is 11.6 Å². The quantitative estimate of drug-likeness (QED) is 0.739. The largest absolute Gasteiger partial charge is 0.494 e. The van der Waals surface area contributed by atoms with Crippen molar-refractivity contribution in [2.75, 3.05) is 18.5 Å². The van der Waals surface area contributed by atoms with Gasteiger partial charge in [-0.15, -0.1) is 10.2 Å². The molecule has 0 saturated carbocycles. The smallest absolute Gasteiger partial charge is 0.277 e. The zero-order chi connectivity index (χ0) is 16.9. The van der Waals surface area contributed by atoms with Crippen LogP contribution < -0.4 is 14.8 Å². The van der Waals surface area contributed by atoms with Gasteiger partial charge in [0.2, 0.25) is 5.88 Å². The minimum Gasteiger partial charge on any atom is -0.494 e. The van der Waals surface area contributed by atoms with Crippen LogP contribution >= 0.6 is 11.3 Å². The number of hydrogen-bond acceptors (Lipinski definition) is 7. The molecule has 1 N–H and O–H groups in total. The average molecular weight is 344 g/mol. The lowest BCUT2D eigenvalue weighted by Gasteiger charge is -2.02. The average Bonchev–Trinajstić information content (AvgIpc) is 2.97. The number of nitrogens with one attached hydrogen (secondary N) is 1. The number of carbonyl (C=O) groups excluding carboxylic acids is 1. The van der Waals surface area contributed by atoms with Crippen LogP contribution in [-0.2, 0) is 0 Å². The SMILES string of the molecule is CCOc1ccc2nc(NC(=O)c3ccc(OCC)nn3)sc2c1. The summed E-state index contributed by atoms with van der Waals surface area (Å²) < 4.78 is 11.6. The van der Waals surface area contributed by atoms with Crippen LogP contribution in [0.25, 0.3) is 10.2 Å². The summed E-state index contributed by atoms with van der Waals surface area (Å²) in [4.78, 5) is 16.6. The monoisotopic (exact) mass is 344 g/mol. The van der Waals surface area contributed by atoms with Crippen molar-refractivity contribution >= 4 is 32.6 Å². The molecule has 2 heterocycles. The van der Waals surface area contributed by atoms with E-state index in [1.54, 1.807) is 12.1 Å². The maximum Gasteiger partial charge on any atom is 0.277 e. The fourth-order valence-electron chi connectivity index (χ4n) is 2.04. The molecule has 0 aliphatic heterocycles. The van der Waals surface area contributed by atoms with Gasteiger partial charge >= 0.3 is 0 Å². The minimum absolute atomic E-state index is 0.202. The number of thiazole rings is 1. The van der Waals surface area contributed by atoms with Gasteiger partial charge in [0.1, 0.15) is 5.75 Å². The Kier molecular flexibility index (Phi) is 4.85. The molecule has 1 amide bonds. The molecule has 0 spiro atoms. The van der Waals surface area contributed by atoms with Crippen LogP contribution in [0.3, 0.4) is 0 Å². The fraction of sp³-hybridized carbons (Fsp3) is 0.250. The van der Waals surface area contributed by atoms with Gasteiger partial charge in [-0.05, 0) is 38.1 Å². The molecule has 0 aliphatic rings. The highest BCUT2D eigenvalue weighted by atomic mass is 32.1. The second kappa shape index (κ2) is 7.22. The Morgan fingerprint density at radius 3 is 2.67 bits per heavy atom. The summed E-state index contributed by atoms with van der Waals surface area (Å²) in [5.41, 5.74) is 1.00. The Hall–Kier alpha value is -2.74. The molecule has 3 rings (SSSR count). The molecular weight excluding hydrogens is 328 g/mol. The third-order valence-corrected chi connectivity index (χ3v) is 3.99. The Labute approximate surface area is 142 Å². The summed E-state index contributed by atoms with van der Waals surface area (Å²) in [5, 5.41) is 10.9. The molecule has 8 heteroatoms. The van der Waals surface area contributed by atoms with Crippen LogP contribution in [-0.4, -0.2) is 34.3 Å². The standard InChI is InChI=1S/C16H16N4O3S/c1-3-22-10-5-6-11-13(9-10)24-16(17-11)18-15(21)12-7-8-14(20-19-12)23-4-2/h5-9H,3-4H2,1-2H3,(H,17,18,21). The van der Waals surface area contributed by atoms with Crippen LogP contribution in [0.2, 0.25) is 0 Å². The fourth-order valence-corrected chi connectivity index (χ4v) is 2.93. The van der Waals surface area contributed by atoms with Gasteiger partial charge in [0.05, 0.1) is 23.4 Å². The molecule has 24 heavy (non-hydrogen) atoms. The molecule has 1 aromatic carbocycles. The third-order valence-electron chi connectivity index (χ3n) is 3.06. The van der Waals surface area contributed by atoms with Gasteiger partial charge < -0.3 is 9.47 Å². The highest BCUT2D eigenvalue weighted by Gasteiger charge is 2.12. The Balaban J connectivity index is 1.74. The van der Waals surface area contributed by atoms with Gasteiger partial charge in [-0.3, -0.25) is 10.1 Å². The van der Waals surface area contributed by atoms with E-state index >= 15 is 0 Å². The van der Waals surface area contributed by atoms with Crippen molar-refractivity contribution in [1.82, 2.24) is 15.2 Å². The first-order valence-electron chi connectivity index (χ1n) is 7.51. The zero-order valence-electron chi connectivity index (χ0n) is 13.3. The maximum absolute atomic E-state index is 12.2. The van der Waals surface area contributed by atoms with Crippen LogP contribution in [0.1, 0.15) is 24.3 Å². The van der Waals surface area contributed by atoms with E-state index in [2.05, 4.69) is 20.5 Å². The van der Waals surface area contributed by atoms with Crippen molar-refractivity contribution in [3.8, 4) is 11.6 Å². The first kappa shape index (κ1) is 16.1. The molecule has 2 aromatic heterocycles. The molecule has 0 aliphatic carbocycles. The molecular formula is C16H16N4O3S. The molecule has 124 valence electrons. The number of hydrogen-bond donors (Lipinski definition) is 1. The Morgan fingerprint density at radius 1 is 1.12 bits per heavy atom. The predicted octanol–water partition coefficient (Wildman–Crippen LogP) is 3.14. The summed E-state index contributed by atoms with van der Waals surface area (Å²) in [6, 6.07) is 8.80. The van der Waals surface area contributed by atoms with E-state index in [0.29, 0.717) is 24.2 Å². The minimum atomic E-state index is -0.366. The summed E-state index contributed by atoms with van der Waals surface area (Å²) in [7, 11) is 0. The van der Waals surface area contributed by atoms with Crippen LogP contribution in [0.4, 0.5) is 5.13 Å². The number of carbonyl (C=O) groups is 1. The Morgan fingerprint density at radius 2 is 1.96 bits per heavy atom. The number of fused-ring (bicyclic) bond motifs is 1. The topological polar surface area (TPSA) is 86.2 Å². The summed E-state index contributed by atoms with van der Waals surface area (Å²) in [6.45, 7) is 4.88. The van der Waals surface area contributed by atoms with Crippen LogP contribution in [0.5, 0.6) is 11.6 Å².